The number of hydrogen-bond acceptors (Lipinski definition) is 5. The predicted molar refractivity (Wildman–Crippen MR) is 91.9 cm³/mol. The van der Waals surface area contributed by atoms with Gasteiger partial charge in [0.2, 0.25) is 0 Å². The molecular formula is C16H14FN3O3S. The maximum atomic E-state index is 12.9. The monoisotopic (exact) mass is 347 g/mol. The Balaban J connectivity index is 2.15. The third-order valence-electron chi connectivity index (χ3n) is 2.86. The number of hydrogen-bond donors (Lipinski definition) is 2. The highest BCUT2D eigenvalue weighted by molar-refractivity contribution is 7.80. The molecule has 0 saturated heterocycles. The minimum absolute atomic E-state index is 0.0445. The molecule has 0 atom stereocenters. The Labute approximate surface area is 143 Å². The van der Waals surface area contributed by atoms with Gasteiger partial charge in [-0.1, -0.05) is 0 Å². The number of nitrogens with one attached hydrogen (secondary N) is 1. The van der Waals surface area contributed by atoms with E-state index in [-0.39, 0.29) is 16.4 Å². The fourth-order valence-corrected chi connectivity index (χ4v) is 1.82. The van der Waals surface area contributed by atoms with Crippen molar-refractivity contribution in [1.29, 1.82) is 0 Å². The Morgan fingerprint density at radius 3 is 2.58 bits per heavy atom. The Bertz CT molecular complexity index is 779. The van der Waals surface area contributed by atoms with Gasteiger partial charge < -0.3 is 15.2 Å². The smallest absolute Gasteiger partial charge is 0.343 e. The lowest BCUT2D eigenvalue weighted by atomic mass is 10.2. The van der Waals surface area contributed by atoms with E-state index in [1.807, 2.05) is 0 Å². The van der Waals surface area contributed by atoms with Gasteiger partial charge in [0.15, 0.2) is 16.6 Å². The second-order valence-corrected chi connectivity index (χ2v) is 4.98. The number of methoxy groups -OCH3 is 1. The van der Waals surface area contributed by atoms with Crippen molar-refractivity contribution in [3.63, 3.8) is 0 Å². The van der Waals surface area contributed by atoms with Gasteiger partial charge >= 0.3 is 5.97 Å². The van der Waals surface area contributed by atoms with Crippen molar-refractivity contribution in [3.05, 3.63) is 59.4 Å². The molecule has 2 rings (SSSR count). The molecule has 0 saturated carbocycles. The van der Waals surface area contributed by atoms with Crippen molar-refractivity contribution in [2.24, 2.45) is 10.8 Å². The quantitative estimate of drug-likeness (QED) is 0.284. The number of carbonyl (C=O) groups is 1. The van der Waals surface area contributed by atoms with E-state index in [1.165, 1.54) is 37.6 Å². The lowest BCUT2D eigenvalue weighted by Crippen LogP contribution is -2.23. The SMILES string of the molecule is COc1cc(C=NNC(N)=S)ccc1OC(=O)c1ccc(F)cc1. The molecule has 0 bridgehead atoms. The van der Waals surface area contributed by atoms with Crippen LogP contribution >= 0.6 is 12.2 Å². The number of halogens is 1. The molecule has 0 unspecified atom stereocenters. The molecule has 6 nitrogen and oxygen atoms in total. The summed E-state index contributed by atoms with van der Waals surface area (Å²) in [6.45, 7) is 0. The number of nitrogens with two attached hydrogens (primary N) is 1. The van der Waals surface area contributed by atoms with Gasteiger partial charge in [0.25, 0.3) is 0 Å². The number of rotatable bonds is 5. The first-order valence-electron chi connectivity index (χ1n) is 6.74. The number of ether oxygens (including phenoxy) is 2. The van der Waals surface area contributed by atoms with E-state index in [1.54, 1.807) is 18.2 Å². The molecule has 0 aromatic heterocycles. The second-order valence-electron chi connectivity index (χ2n) is 4.54. The molecule has 0 aliphatic rings. The van der Waals surface area contributed by atoms with Gasteiger partial charge in [-0.05, 0) is 60.2 Å². The Hall–Kier alpha value is -3.00. The first-order chi connectivity index (χ1) is 11.5. The van der Waals surface area contributed by atoms with Crippen LogP contribution in [0.1, 0.15) is 15.9 Å². The van der Waals surface area contributed by atoms with Crippen molar-refractivity contribution >= 4 is 29.5 Å². The van der Waals surface area contributed by atoms with Crippen molar-refractivity contribution < 1.29 is 18.7 Å². The lowest BCUT2D eigenvalue weighted by Gasteiger charge is -2.10. The van der Waals surface area contributed by atoms with E-state index >= 15 is 0 Å². The Kier molecular flexibility index (Phi) is 5.80. The Morgan fingerprint density at radius 2 is 1.96 bits per heavy atom. The van der Waals surface area contributed by atoms with Gasteiger partial charge in [-0.15, -0.1) is 0 Å². The van der Waals surface area contributed by atoms with Crippen molar-refractivity contribution in [1.82, 2.24) is 5.43 Å². The molecule has 2 aromatic rings. The molecule has 0 spiro atoms. The average molecular weight is 347 g/mol. The first kappa shape index (κ1) is 17.4. The topological polar surface area (TPSA) is 85.9 Å². The highest BCUT2D eigenvalue weighted by Gasteiger charge is 2.12. The van der Waals surface area contributed by atoms with Crippen LogP contribution in [0.5, 0.6) is 11.5 Å². The number of thiocarbonyl (C=S) groups is 1. The standard InChI is InChI=1S/C16H14FN3O3S/c1-22-14-8-10(9-19-20-16(18)24)2-7-13(14)23-15(21)11-3-5-12(17)6-4-11/h2-9H,1H3,(H3,18,20,24). The van der Waals surface area contributed by atoms with E-state index in [9.17, 15) is 9.18 Å². The van der Waals surface area contributed by atoms with Crippen molar-refractivity contribution in [2.75, 3.05) is 7.11 Å². The third kappa shape index (κ3) is 4.75. The molecule has 0 heterocycles. The second kappa shape index (κ2) is 8.02. The van der Waals surface area contributed by atoms with Crippen LogP contribution in [0, 0.1) is 5.82 Å². The molecule has 2 aromatic carbocycles. The van der Waals surface area contributed by atoms with E-state index in [0.717, 1.165) is 0 Å². The van der Waals surface area contributed by atoms with E-state index < -0.39 is 11.8 Å². The summed E-state index contributed by atoms with van der Waals surface area (Å²) in [5, 5.41) is 3.87. The third-order valence-corrected chi connectivity index (χ3v) is 2.95. The lowest BCUT2D eigenvalue weighted by molar-refractivity contribution is 0.0729. The fourth-order valence-electron chi connectivity index (χ4n) is 1.76. The summed E-state index contributed by atoms with van der Waals surface area (Å²) in [5.41, 5.74) is 8.59. The van der Waals surface area contributed by atoms with Crippen LogP contribution in [0.4, 0.5) is 4.39 Å². The molecule has 124 valence electrons. The largest absolute Gasteiger partial charge is 0.493 e. The van der Waals surface area contributed by atoms with Crippen LogP contribution in [0.3, 0.4) is 0 Å². The number of nitrogens with zero attached hydrogens (tertiary/aromatic N) is 1. The van der Waals surface area contributed by atoms with E-state index in [2.05, 4.69) is 22.7 Å². The van der Waals surface area contributed by atoms with Gasteiger partial charge in [0, 0.05) is 0 Å². The minimum Gasteiger partial charge on any atom is -0.493 e. The summed E-state index contributed by atoms with van der Waals surface area (Å²) in [6, 6.07) is 9.89. The van der Waals surface area contributed by atoms with Gasteiger partial charge in [-0.3, -0.25) is 5.43 Å². The minimum atomic E-state index is -0.620. The summed E-state index contributed by atoms with van der Waals surface area (Å²) in [6.07, 6.45) is 1.48. The zero-order chi connectivity index (χ0) is 17.5. The molecule has 8 heteroatoms. The molecular weight excluding hydrogens is 333 g/mol. The summed E-state index contributed by atoms with van der Waals surface area (Å²) in [7, 11) is 1.44. The molecule has 0 aliphatic heterocycles. The highest BCUT2D eigenvalue weighted by atomic mass is 32.1. The zero-order valence-electron chi connectivity index (χ0n) is 12.7. The van der Waals surface area contributed by atoms with Crippen LogP contribution in [-0.4, -0.2) is 24.4 Å². The van der Waals surface area contributed by atoms with Crippen LogP contribution in [0.2, 0.25) is 0 Å². The first-order valence-corrected chi connectivity index (χ1v) is 7.14. The predicted octanol–water partition coefficient (Wildman–Crippen LogP) is 2.22. The fraction of sp³-hybridized carbons (Fsp3) is 0.0625. The highest BCUT2D eigenvalue weighted by Crippen LogP contribution is 2.28. The maximum absolute atomic E-state index is 12.9. The summed E-state index contributed by atoms with van der Waals surface area (Å²) >= 11 is 4.63. The number of hydrazone groups is 1. The normalized spacial score (nSPS) is 10.4. The molecule has 0 fully saturated rings. The van der Waals surface area contributed by atoms with Gasteiger partial charge in [0.1, 0.15) is 5.82 Å². The van der Waals surface area contributed by atoms with Crippen molar-refractivity contribution in [2.45, 2.75) is 0 Å². The summed E-state index contributed by atoms with van der Waals surface area (Å²) in [4.78, 5) is 12.1. The van der Waals surface area contributed by atoms with E-state index in [4.69, 9.17) is 15.2 Å². The average Bonchev–Trinajstić information content (AvgIpc) is 2.56. The van der Waals surface area contributed by atoms with Crippen LogP contribution < -0.4 is 20.6 Å². The summed E-state index contributed by atoms with van der Waals surface area (Å²) in [5.74, 6) is -0.487. The molecule has 0 radical (unpaired) electrons. The molecule has 24 heavy (non-hydrogen) atoms. The van der Waals surface area contributed by atoms with Crippen LogP contribution in [0.25, 0.3) is 0 Å². The van der Waals surface area contributed by atoms with Gasteiger partial charge in [-0.2, -0.15) is 5.10 Å². The van der Waals surface area contributed by atoms with Crippen molar-refractivity contribution in [3.8, 4) is 11.5 Å². The zero-order valence-corrected chi connectivity index (χ0v) is 13.5. The molecule has 3 N–H and O–H groups in total. The van der Waals surface area contributed by atoms with Crippen LogP contribution in [-0.2, 0) is 0 Å². The maximum Gasteiger partial charge on any atom is 0.343 e. The van der Waals surface area contributed by atoms with Gasteiger partial charge in [-0.25, -0.2) is 9.18 Å². The number of benzene rings is 2. The van der Waals surface area contributed by atoms with E-state index in [0.29, 0.717) is 11.3 Å². The van der Waals surface area contributed by atoms with Gasteiger partial charge in [0.05, 0.1) is 18.9 Å². The Morgan fingerprint density at radius 1 is 1.25 bits per heavy atom. The van der Waals surface area contributed by atoms with Crippen LogP contribution in [0.15, 0.2) is 47.6 Å². The molecule has 0 amide bonds. The number of esters is 1. The molecule has 0 aliphatic carbocycles. The summed E-state index contributed by atoms with van der Waals surface area (Å²) < 4.78 is 23.4. The number of carbonyl (C=O) groups excluding carboxylic acids is 1.